The molecule has 13 heavy (non-hydrogen) atoms. The second-order valence-corrected chi connectivity index (χ2v) is 2.29. The highest BCUT2D eigenvalue weighted by Crippen LogP contribution is 2.05. The molecule has 0 aliphatic rings. The number of aliphatic imine (C=N–C) groups is 1. The van der Waals surface area contributed by atoms with Gasteiger partial charge in [0.05, 0.1) is 0 Å². The zero-order valence-corrected chi connectivity index (χ0v) is 7.27. The van der Waals surface area contributed by atoms with Gasteiger partial charge in [0, 0.05) is 6.20 Å². The summed E-state index contributed by atoms with van der Waals surface area (Å²) in [6.07, 6.45) is 5.07. The Balaban J connectivity index is 2.73. The summed E-state index contributed by atoms with van der Waals surface area (Å²) in [4.78, 5) is 7.84. The van der Waals surface area contributed by atoms with Gasteiger partial charge >= 0.3 is 0 Å². The SMILES string of the molecule is C=C/C=C(\N=C)Nc1ccccn1. The van der Waals surface area contributed by atoms with E-state index in [1.165, 1.54) is 0 Å². The smallest absolute Gasteiger partial charge is 0.131 e. The number of aromatic nitrogens is 1. The first-order chi connectivity index (χ1) is 6.36. The van der Waals surface area contributed by atoms with Crippen LogP contribution in [-0.4, -0.2) is 11.7 Å². The van der Waals surface area contributed by atoms with Crippen LogP contribution < -0.4 is 5.32 Å². The van der Waals surface area contributed by atoms with Crippen LogP contribution in [0, 0.1) is 0 Å². The van der Waals surface area contributed by atoms with Crippen LogP contribution in [0.2, 0.25) is 0 Å². The van der Waals surface area contributed by atoms with E-state index in [1.807, 2.05) is 18.2 Å². The standard InChI is InChI=1S/C10H11N3/c1-3-6-9(11-2)13-10-7-4-5-8-12-10/h3-8H,1-2H2,(H,12,13)/b9-6+. The molecular weight excluding hydrogens is 162 g/mol. The van der Waals surface area contributed by atoms with Crippen molar-refractivity contribution in [3.8, 4) is 0 Å². The summed E-state index contributed by atoms with van der Waals surface area (Å²) in [6, 6.07) is 5.59. The molecule has 0 atom stereocenters. The van der Waals surface area contributed by atoms with Crippen molar-refractivity contribution in [2.75, 3.05) is 5.32 Å². The third-order valence-corrected chi connectivity index (χ3v) is 1.37. The Kier molecular flexibility index (Phi) is 3.45. The van der Waals surface area contributed by atoms with Crippen molar-refractivity contribution in [3.63, 3.8) is 0 Å². The molecule has 1 aromatic heterocycles. The number of nitrogens with zero attached hydrogens (tertiary/aromatic N) is 2. The molecule has 3 heteroatoms. The van der Waals surface area contributed by atoms with Gasteiger partial charge in [-0.25, -0.2) is 9.98 Å². The first-order valence-corrected chi connectivity index (χ1v) is 3.84. The first-order valence-electron chi connectivity index (χ1n) is 3.84. The van der Waals surface area contributed by atoms with Crippen LogP contribution in [0.4, 0.5) is 5.82 Å². The Bertz CT molecular complexity index is 314. The summed E-state index contributed by atoms with van der Waals surface area (Å²) in [7, 11) is 0. The van der Waals surface area contributed by atoms with Gasteiger partial charge in [-0.05, 0) is 24.9 Å². The Morgan fingerprint density at radius 3 is 2.92 bits per heavy atom. The number of pyridine rings is 1. The van der Waals surface area contributed by atoms with Crippen molar-refractivity contribution >= 4 is 12.5 Å². The molecule has 0 saturated heterocycles. The summed E-state index contributed by atoms with van der Waals surface area (Å²) in [5.74, 6) is 1.37. The molecule has 0 fully saturated rings. The minimum atomic E-state index is 0.633. The largest absolute Gasteiger partial charge is 0.325 e. The highest BCUT2D eigenvalue weighted by molar-refractivity contribution is 5.43. The lowest BCUT2D eigenvalue weighted by atomic mass is 10.4. The summed E-state index contributed by atoms with van der Waals surface area (Å²) >= 11 is 0. The number of nitrogens with one attached hydrogen (secondary N) is 1. The highest BCUT2D eigenvalue weighted by atomic mass is 15.1. The molecule has 0 saturated carbocycles. The van der Waals surface area contributed by atoms with E-state index in [1.54, 1.807) is 18.3 Å². The van der Waals surface area contributed by atoms with Crippen LogP contribution in [0.5, 0.6) is 0 Å². The molecule has 0 unspecified atom stereocenters. The zero-order valence-electron chi connectivity index (χ0n) is 7.27. The zero-order chi connectivity index (χ0) is 9.52. The number of allylic oxidation sites excluding steroid dienone is 2. The Labute approximate surface area is 77.5 Å². The molecule has 0 amide bonds. The lowest BCUT2D eigenvalue weighted by molar-refractivity contribution is 1.24. The third-order valence-electron chi connectivity index (χ3n) is 1.37. The lowest BCUT2D eigenvalue weighted by Gasteiger charge is -2.03. The molecule has 1 heterocycles. The Hall–Kier alpha value is -1.90. The maximum atomic E-state index is 4.07. The molecular formula is C10H11N3. The number of hydrogen-bond acceptors (Lipinski definition) is 3. The van der Waals surface area contributed by atoms with Crippen molar-refractivity contribution in [1.29, 1.82) is 0 Å². The molecule has 0 aromatic carbocycles. The molecule has 0 bridgehead atoms. The average molecular weight is 173 g/mol. The maximum absolute atomic E-state index is 4.07. The second kappa shape index (κ2) is 4.87. The van der Waals surface area contributed by atoms with E-state index in [9.17, 15) is 0 Å². The predicted octanol–water partition coefficient (Wildman–Crippen LogP) is 2.22. The van der Waals surface area contributed by atoms with Gasteiger partial charge in [0.15, 0.2) is 0 Å². The van der Waals surface area contributed by atoms with E-state index in [-0.39, 0.29) is 0 Å². The van der Waals surface area contributed by atoms with Crippen molar-refractivity contribution < 1.29 is 0 Å². The molecule has 1 rings (SSSR count). The molecule has 0 spiro atoms. The van der Waals surface area contributed by atoms with Crippen molar-refractivity contribution in [2.45, 2.75) is 0 Å². The van der Waals surface area contributed by atoms with Gasteiger partial charge in [-0.1, -0.05) is 18.7 Å². The monoisotopic (exact) mass is 173 g/mol. The molecule has 1 aromatic rings. The van der Waals surface area contributed by atoms with Gasteiger partial charge in [-0.2, -0.15) is 0 Å². The summed E-state index contributed by atoms with van der Waals surface area (Å²) in [6.45, 7) is 6.98. The Morgan fingerprint density at radius 2 is 2.38 bits per heavy atom. The number of rotatable bonds is 4. The fourth-order valence-corrected chi connectivity index (χ4v) is 0.813. The molecule has 1 N–H and O–H groups in total. The second-order valence-electron chi connectivity index (χ2n) is 2.29. The minimum Gasteiger partial charge on any atom is -0.325 e. The van der Waals surface area contributed by atoms with Crippen LogP contribution in [0.25, 0.3) is 0 Å². The van der Waals surface area contributed by atoms with Crippen LogP contribution in [0.15, 0.2) is 53.9 Å². The molecule has 0 aliphatic heterocycles. The third kappa shape index (κ3) is 2.91. The van der Waals surface area contributed by atoms with Gasteiger partial charge in [0.1, 0.15) is 11.6 Å². The van der Waals surface area contributed by atoms with E-state index in [0.717, 1.165) is 5.82 Å². The fraction of sp³-hybridized carbons (Fsp3) is 0. The quantitative estimate of drug-likeness (QED) is 0.560. The summed E-state index contributed by atoms with van der Waals surface area (Å²) < 4.78 is 0. The molecule has 66 valence electrons. The van der Waals surface area contributed by atoms with E-state index in [2.05, 4.69) is 28.6 Å². The van der Waals surface area contributed by atoms with E-state index in [4.69, 9.17) is 0 Å². The lowest BCUT2D eigenvalue weighted by Crippen LogP contribution is -1.97. The van der Waals surface area contributed by atoms with Gasteiger partial charge in [0.25, 0.3) is 0 Å². The van der Waals surface area contributed by atoms with Gasteiger partial charge in [0.2, 0.25) is 0 Å². The van der Waals surface area contributed by atoms with Crippen molar-refractivity contribution in [3.05, 3.63) is 48.9 Å². The summed E-state index contributed by atoms with van der Waals surface area (Å²) in [5.41, 5.74) is 0. The van der Waals surface area contributed by atoms with Crippen LogP contribution in [0.1, 0.15) is 0 Å². The molecule has 0 aliphatic carbocycles. The van der Waals surface area contributed by atoms with Crippen molar-refractivity contribution in [1.82, 2.24) is 4.98 Å². The van der Waals surface area contributed by atoms with Gasteiger partial charge in [-0.15, -0.1) is 0 Å². The summed E-state index contributed by atoms with van der Waals surface area (Å²) in [5, 5.41) is 2.98. The maximum Gasteiger partial charge on any atom is 0.131 e. The van der Waals surface area contributed by atoms with E-state index < -0.39 is 0 Å². The normalized spacial score (nSPS) is 10.6. The van der Waals surface area contributed by atoms with Crippen LogP contribution in [0.3, 0.4) is 0 Å². The fourth-order valence-electron chi connectivity index (χ4n) is 0.813. The van der Waals surface area contributed by atoms with E-state index >= 15 is 0 Å². The minimum absolute atomic E-state index is 0.633. The predicted molar refractivity (Wildman–Crippen MR) is 55.7 cm³/mol. The highest BCUT2D eigenvalue weighted by Gasteiger charge is 1.92. The Morgan fingerprint density at radius 1 is 1.54 bits per heavy atom. The molecule has 3 nitrogen and oxygen atoms in total. The average Bonchev–Trinajstić information content (AvgIpc) is 2.19. The number of anilines is 1. The topological polar surface area (TPSA) is 37.3 Å². The molecule has 0 radical (unpaired) electrons. The first kappa shape index (κ1) is 9.19. The van der Waals surface area contributed by atoms with Crippen molar-refractivity contribution in [2.24, 2.45) is 4.99 Å². The van der Waals surface area contributed by atoms with Crippen LogP contribution in [-0.2, 0) is 0 Å². The number of hydrogen-bond donors (Lipinski definition) is 1. The van der Waals surface area contributed by atoms with Gasteiger partial charge < -0.3 is 5.32 Å². The van der Waals surface area contributed by atoms with Crippen LogP contribution >= 0.6 is 0 Å². The van der Waals surface area contributed by atoms with Gasteiger partial charge in [-0.3, -0.25) is 0 Å². The van der Waals surface area contributed by atoms with E-state index in [0.29, 0.717) is 5.82 Å².